The van der Waals surface area contributed by atoms with Crippen molar-refractivity contribution in [1.29, 1.82) is 0 Å². The number of nitrogens with one attached hydrogen (secondary N) is 2. The molecule has 8 heteroatoms. The molecule has 0 bridgehead atoms. The number of fused-ring (bicyclic) bond motifs is 1. The lowest BCUT2D eigenvalue weighted by atomic mass is 10.0. The number of carbonyl (C=O) groups excluding carboxylic acids is 2. The maximum atomic E-state index is 13.4. The third kappa shape index (κ3) is 7.70. The van der Waals surface area contributed by atoms with Crippen LogP contribution in [0, 0.1) is 5.92 Å². The fraction of sp³-hybridized carbons (Fsp3) is 0.581. The molecule has 2 amide bonds. The second-order valence-electron chi connectivity index (χ2n) is 11.2. The number of amides is 2. The Morgan fingerprint density at radius 3 is 2.51 bits per heavy atom. The molecule has 2 N–H and O–H groups in total. The van der Waals surface area contributed by atoms with E-state index < -0.39 is 6.04 Å². The summed E-state index contributed by atoms with van der Waals surface area (Å²) >= 11 is 1.74. The first-order valence-corrected chi connectivity index (χ1v) is 15.6. The number of aromatic nitrogens is 2. The largest absolute Gasteiger partial charge is 0.353 e. The smallest absolute Gasteiger partial charge is 0.252 e. The summed E-state index contributed by atoms with van der Waals surface area (Å²) in [5.41, 5.74) is 2.42. The van der Waals surface area contributed by atoms with Crippen LogP contribution in [0.25, 0.3) is 11.0 Å². The van der Waals surface area contributed by atoms with E-state index >= 15 is 0 Å². The van der Waals surface area contributed by atoms with Gasteiger partial charge in [0.05, 0.1) is 11.0 Å². The minimum Gasteiger partial charge on any atom is -0.353 e. The van der Waals surface area contributed by atoms with E-state index in [1.165, 1.54) is 24.1 Å². The van der Waals surface area contributed by atoms with Crippen molar-refractivity contribution < 1.29 is 9.59 Å². The Morgan fingerprint density at radius 1 is 1.08 bits per heavy atom. The van der Waals surface area contributed by atoms with E-state index in [0.717, 1.165) is 55.8 Å². The molecule has 2 aromatic heterocycles. The number of hydrogen-bond acceptors (Lipinski definition) is 5. The molecular weight excluding hydrogens is 506 g/mol. The van der Waals surface area contributed by atoms with E-state index in [9.17, 15) is 9.59 Å². The lowest BCUT2D eigenvalue weighted by Gasteiger charge is -2.27. The molecule has 4 rings (SSSR count). The van der Waals surface area contributed by atoms with Crippen LogP contribution in [0.5, 0.6) is 0 Å². The lowest BCUT2D eigenvalue weighted by Crippen LogP contribution is -2.49. The van der Waals surface area contributed by atoms with E-state index in [-0.39, 0.29) is 17.7 Å². The van der Waals surface area contributed by atoms with Crippen LogP contribution >= 0.6 is 11.3 Å². The van der Waals surface area contributed by atoms with Crippen LogP contribution in [0.2, 0.25) is 0 Å². The van der Waals surface area contributed by atoms with Gasteiger partial charge in [0.25, 0.3) is 5.91 Å². The Hall–Kier alpha value is -2.71. The van der Waals surface area contributed by atoms with Crippen molar-refractivity contribution >= 4 is 34.2 Å². The lowest BCUT2D eigenvalue weighted by molar-refractivity contribution is -0.123. The van der Waals surface area contributed by atoms with Gasteiger partial charge in [-0.25, -0.2) is 4.98 Å². The minimum absolute atomic E-state index is 0.105. The van der Waals surface area contributed by atoms with Crippen LogP contribution in [0.3, 0.4) is 0 Å². The highest BCUT2D eigenvalue weighted by Gasteiger charge is 2.24. The van der Waals surface area contributed by atoms with Crippen LogP contribution < -0.4 is 10.6 Å². The third-order valence-corrected chi connectivity index (χ3v) is 8.63. The van der Waals surface area contributed by atoms with Crippen LogP contribution in [-0.4, -0.2) is 58.5 Å². The fourth-order valence-corrected chi connectivity index (χ4v) is 6.33. The van der Waals surface area contributed by atoms with Crippen molar-refractivity contribution in [2.75, 3.05) is 26.2 Å². The van der Waals surface area contributed by atoms with Crippen molar-refractivity contribution in [2.45, 2.75) is 84.7 Å². The topological polar surface area (TPSA) is 79.3 Å². The molecule has 1 aliphatic heterocycles. The average molecular weight is 552 g/mol. The van der Waals surface area contributed by atoms with Gasteiger partial charge in [-0.3, -0.25) is 9.59 Å². The number of rotatable bonds is 13. The number of imidazole rings is 1. The Labute approximate surface area is 237 Å². The number of piperidine rings is 1. The number of benzene rings is 1. The summed E-state index contributed by atoms with van der Waals surface area (Å²) in [6.07, 6.45) is 7.17. The molecule has 1 aromatic carbocycles. The van der Waals surface area contributed by atoms with Gasteiger partial charge in [-0.2, -0.15) is 0 Å². The first kappa shape index (κ1) is 29.3. The Bertz CT molecular complexity index is 1210. The number of thiophene rings is 1. The van der Waals surface area contributed by atoms with Crippen LogP contribution in [0.1, 0.15) is 93.3 Å². The molecular formula is C31H45N5O2S. The monoisotopic (exact) mass is 551 g/mol. The molecule has 1 atom stereocenters. The molecule has 3 heterocycles. The molecule has 1 aliphatic rings. The van der Waals surface area contributed by atoms with Crippen molar-refractivity contribution in [2.24, 2.45) is 5.92 Å². The summed E-state index contributed by atoms with van der Waals surface area (Å²) in [5, 5.41) is 8.19. The van der Waals surface area contributed by atoms with Gasteiger partial charge in [-0.1, -0.05) is 40.2 Å². The zero-order valence-electron chi connectivity index (χ0n) is 24.0. The second-order valence-corrected chi connectivity index (χ2v) is 12.2. The highest BCUT2D eigenvalue weighted by Crippen LogP contribution is 2.28. The highest BCUT2D eigenvalue weighted by molar-refractivity contribution is 7.09. The molecule has 0 aliphatic carbocycles. The number of carbonyl (C=O) groups is 2. The first-order chi connectivity index (χ1) is 18.9. The van der Waals surface area contributed by atoms with Crippen LogP contribution in [0.4, 0.5) is 0 Å². The van der Waals surface area contributed by atoms with E-state index in [1.54, 1.807) is 11.3 Å². The molecule has 0 saturated carbocycles. The van der Waals surface area contributed by atoms with Gasteiger partial charge >= 0.3 is 0 Å². The second kappa shape index (κ2) is 14.1. The molecule has 0 unspecified atom stereocenters. The molecule has 3 aromatic rings. The molecule has 1 saturated heterocycles. The highest BCUT2D eigenvalue weighted by atomic mass is 32.1. The van der Waals surface area contributed by atoms with Crippen LogP contribution in [0.15, 0.2) is 35.7 Å². The zero-order chi connectivity index (χ0) is 27.8. The third-order valence-electron chi connectivity index (χ3n) is 7.75. The SMILES string of the molecule is CCC(CC)n1c(Cc2cccs2)nc2cc(C(=O)N[C@@H](CC(C)C)C(=O)NCCN3CCCCC3)ccc21. The van der Waals surface area contributed by atoms with E-state index in [1.807, 2.05) is 18.2 Å². The normalized spacial score (nSPS) is 15.2. The standard InChI is InChI=1S/C31H45N5O2S/c1-5-24(6-2)36-28-13-12-23(20-26(28)33-29(36)21-25-11-10-18-39-25)30(37)34-27(19-22(3)4)31(38)32-14-17-35-15-8-7-9-16-35/h10-13,18,20,22,24,27H,5-9,14-17,19,21H2,1-4H3,(H,32,38)(H,34,37)/t27-/m0/s1. The summed E-state index contributed by atoms with van der Waals surface area (Å²) in [4.78, 5) is 35.1. The summed E-state index contributed by atoms with van der Waals surface area (Å²) in [5.74, 6) is 0.975. The van der Waals surface area contributed by atoms with Gasteiger partial charge in [0, 0.05) is 36.0 Å². The van der Waals surface area contributed by atoms with Gasteiger partial charge in [0.15, 0.2) is 0 Å². The summed E-state index contributed by atoms with van der Waals surface area (Å²) < 4.78 is 2.36. The fourth-order valence-electron chi connectivity index (χ4n) is 5.63. The minimum atomic E-state index is -0.564. The van der Waals surface area contributed by atoms with E-state index in [0.29, 0.717) is 24.6 Å². The summed E-state index contributed by atoms with van der Waals surface area (Å²) in [7, 11) is 0. The maximum Gasteiger partial charge on any atom is 0.252 e. The summed E-state index contributed by atoms with van der Waals surface area (Å²) in [6, 6.07) is 9.77. The Morgan fingerprint density at radius 2 is 1.85 bits per heavy atom. The molecule has 0 spiro atoms. The molecule has 0 radical (unpaired) electrons. The van der Waals surface area contributed by atoms with Gasteiger partial charge in [0.1, 0.15) is 11.9 Å². The van der Waals surface area contributed by atoms with Crippen molar-refractivity contribution in [3.8, 4) is 0 Å². The maximum absolute atomic E-state index is 13.4. The van der Waals surface area contributed by atoms with E-state index in [4.69, 9.17) is 4.98 Å². The predicted molar refractivity (Wildman–Crippen MR) is 160 cm³/mol. The quantitative estimate of drug-likeness (QED) is 0.282. The van der Waals surface area contributed by atoms with Crippen molar-refractivity contribution in [3.63, 3.8) is 0 Å². The average Bonchev–Trinajstić information content (AvgIpc) is 3.57. The molecule has 7 nitrogen and oxygen atoms in total. The molecule has 212 valence electrons. The molecule has 1 fully saturated rings. The van der Waals surface area contributed by atoms with E-state index in [2.05, 4.69) is 65.3 Å². The van der Waals surface area contributed by atoms with Crippen molar-refractivity contribution in [1.82, 2.24) is 25.1 Å². The van der Waals surface area contributed by atoms with Gasteiger partial charge < -0.3 is 20.1 Å². The van der Waals surface area contributed by atoms with Crippen molar-refractivity contribution in [3.05, 3.63) is 52.0 Å². The molecule has 39 heavy (non-hydrogen) atoms. The van der Waals surface area contributed by atoms with Crippen LogP contribution in [-0.2, 0) is 11.2 Å². The number of nitrogens with zero attached hydrogens (tertiary/aromatic N) is 3. The Balaban J connectivity index is 1.49. The number of likely N-dealkylation sites (tertiary alicyclic amines) is 1. The Kier molecular flexibility index (Phi) is 10.6. The van der Waals surface area contributed by atoms with Gasteiger partial charge in [-0.15, -0.1) is 11.3 Å². The first-order valence-electron chi connectivity index (χ1n) is 14.7. The van der Waals surface area contributed by atoms with Gasteiger partial charge in [-0.05, 0) is 80.8 Å². The van der Waals surface area contributed by atoms with Gasteiger partial charge in [0.2, 0.25) is 5.91 Å². The number of hydrogen-bond donors (Lipinski definition) is 2. The predicted octanol–water partition coefficient (Wildman–Crippen LogP) is 5.80. The summed E-state index contributed by atoms with van der Waals surface area (Å²) in [6.45, 7) is 12.2. The zero-order valence-corrected chi connectivity index (χ0v) is 24.9.